The minimum absolute atomic E-state index is 0.231. The molecule has 0 aromatic heterocycles. The highest BCUT2D eigenvalue weighted by Gasteiger charge is 2.06. The summed E-state index contributed by atoms with van der Waals surface area (Å²) in [4.78, 5) is 24.3. The molecule has 0 heterocycles. The highest BCUT2D eigenvalue weighted by molar-refractivity contribution is 5.71. The van der Waals surface area contributed by atoms with Gasteiger partial charge in [0.1, 0.15) is 0 Å². The number of carboxylic acid groups (broad SMARTS) is 1. The number of nitrogens with one attached hydrogen (secondary N) is 1. The molecule has 0 aliphatic carbocycles. The molecule has 2 N–H and O–H groups in total. The molecule has 8 heteroatoms. The first-order chi connectivity index (χ1) is 7.68. The van der Waals surface area contributed by atoms with Crippen molar-refractivity contribution in [3.63, 3.8) is 0 Å². The Kier molecular flexibility index (Phi) is 9.67. The van der Waals surface area contributed by atoms with E-state index in [1.807, 2.05) is 0 Å². The molecule has 0 bridgehead atoms. The maximum Gasteiger partial charge on any atom is 0.309 e. The molecule has 100 valence electrons. The number of carbonyl (C=O) groups is 2. The standard InChI is InChI=1S/C5H10N2O4.C4H8O2/c1-4(2)5(8)10-3-11-7(6)9;1-3(2)4(5)6/h4,6H,3H2,1-2H3;3H,1-2H3,(H,5,6). The van der Waals surface area contributed by atoms with E-state index in [2.05, 4.69) is 9.57 Å². The molecule has 0 rings (SSSR count). The fourth-order valence-corrected chi connectivity index (χ4v) is 0.299. The summed E-state index contributed by atoms with van der Waals surface area (Å²) in [5.41, 5.74) is 6.19. The van der Waals surface area contributed by atoms with Crippen molar-refractivity contribution in [2.24, 2.45) is 11.8 Å². The van der Waals surface area contributed by atoms with Crippen LogP contribution in [-0.4, -0.2) is 28.9 Å². The molecule has 0 aromatic carbocycles. The van der Waals surface area contributed by atoms with Gasteiger partial charge in [-0.2, -0.15) is 0 Å². The van der Waals surface area contributed by atoms with Gasteiger partial charge in [0.15, 0.2) is 5.02 Å². The summed E-state index contributed by atoms with van der Waals surface area (Å²) in [5, 5.41) is 17.2. The van der Waals surface area contributed by atoms with Gasteiger partial charge in [0, 0.05) is 5.53 Å². The van der Waals surface area contributed by atoms with Crippen LogP contribution in [0.1, 0.15) is 27.7 Å². The van der Waals surface area contributed by atoms with Gasteiger partial charge in [-0.1, -0.05) is 27.7 Å². The van der Waals surface area contributed by atoms with Crippen molar-refractivity contribution < 1.29 is 29.3 Å². The Hall–Kier alpha value is -1.86. The molecular weight excluding hydrogens is 232 g/mol. The third-order valence-electron chi connectivity index (χ3n) is 1.34. The summed E-state index contributed by atoms with van der Waals surface area (Å²) in [5.74, 6) is -1.70. The molecule has 0 spiro atoms. The first-order valence-electron chi connectivity index (χ1n) is 4.89. The molecule has 0 saturated carbocycles. The van der Waals surface area contributed by atoms with E-state index < -0.39 is 23.8 Å². The van der Waals surface area contributed by atoms with Crippen LogP contribution in [0.5, 0.6) is 0 Å². The molecular formula is C9H18N2O6. The predicted octanol–water partition coefficient (Wildman–Crippen LogP) is 1.34. The monoisotopic (exact) mass is 250 g/mol. The van der Waals surface area contributed by atoms with Crippen LogP contribution in [0.3, 0.4) is 0 Å². The molecule has 0 aromatic rings. The lowest BCUT2D eigenvalue weighted by molar-refractivity contribution is -0.813. The van der Waals surface area contributed by atoms with Crippen molar-refractivity contribution in [1.29, 1.82) is 5.53 Å². The van der Waals surface area contributed by atoms with Gasteiger partial charge in [0.2, 0.25) is 6.79 Å². The Morgan fingerprint density at radius 3 is 1.94 bits per heavy atom. The fourth-order valence-electron chi connectivity index (χ4n) is 0.299. The second-order valence-corrected chi connectivity index (χ2v) is 3.62. The Labute approximate surface area is 99.2 Å². The fraction of sp³-hybridized carbons (Fsp3) is 0.778. The van der Waals surface area contributed by atoms with E-state index in [0.717, 1.165) is 0 Å². The molecule has 0 saturated heterocycles. The lowest BCUT2D eigenvalue weighted by Crippen LogP contribution is -2.15. The molecule has 0 atom stereocenters. The van der Waals surface area contributed by atoms with Crippen molar-refractivity contribution in [2.75, 3.05) is 6.79 Å². The van der Waals surface area contributed by atoms with E-state index in [4.69, 9.17) is 10.6 Å². The highest BCUT2D eigenvalue weighted by atomic mass is 16.9. The molecule has 0 unspecified atom stereocenters. The minimum Gasteiger partial charge on any atom is -0.481 e. The second kappa shape index (κ2) is 9.37. The van der Waals surface area contributed by atoms with Crippen molar-refractivity contribution in [2.45, 2.75) is 27.7 Å². The first-order valence-corrected chi connectivity index (χ1v) is 4.89. The van der Waals surface area contributed by atoms with Crippen molar-refractivity contribution in [1.82, 2.24) is 0 Å². The number of aliphatic carboxylic acids is 1. The number of hydrogen-bond donors (Lipinski definition) is 2. The topological polar surface area (TPSA) is 123 Å². The van der Waals surface area contributed by atoms with Gasteiger partial charge in [-0.25, -0.2) is 5.21 Å². The van der Waals surface area contributed by atoms with Crippen LogP contribution in [0.2, 0.25) is 0 Å². The lowest BCUT2D eigenvalue weighted by Gasteiger charge is -2.06. The third kappa shape index (κ3) is 14.1. The quantitative estimate of drug-likeness (QED) is 0.328. The maximum atomic E-state index is 10.6. The lowest BCUT2D eigenvalue weighted by atomic mass is 10.2. The predicted molar refractivity (Wildman–Crippen MR) is 55.7 cm³/mol. The highest BCUT2D eigenvalue weighted by Crippen LogP contribution is 1.95. The van der Waals surface area contributed by atoms with Gasteiger partial charge >= 0.3 is 11.9 Å². The number of esters is 1. The van der Waals surface area contributed by atoms with Crippen LogP contribution in [0.25, 0.3) is 0 Å². The Balaban J connectivity index is 0. The minimum atomic E-state index is -0.741. The van der Waals surface area contributed by atoms with Gasteiger partial charge in [-0.3, -0.25) is 9.59 Å². The van der Waals surface area contributed by atoms with Gasteiger partial charge < -0.3 is 14.7 Å². The Morgan fingerprint density at radius 1 is 1.29 bits per heavy atom. The number of nitrogens with zero attached hydrogens (tertiary/aromatic N) is 1. The number of ether oxygens (including phenoxy) is 1. The summed E-state index contributed by atoms with van der Waals surface area (Å²) in [7, 11) is 0. The van der Waals surface area contributed by atoms with E-state index in [9.17, 15) is 14.8 Å². The van der Waals surface area contributed by atoms with Crippen molar-refractivity contribution >= 4 is 11.9 Å². The van der Waals surface area contributed by atoms with Gasteiger partial charge in [-0.15, -0.1) is 0 Å². The second-order valence-electron chi connectivity index (χ2n) is 3.62. The Bertz CT molecular complexity index is 264. The molecule has 0 radical (unpaired) electrons. The number of carbonyl (C=O) groups excluding carboxylic acids is 1. The summed E-state index contributed by atoms with van der Waals surface area (Å²) in [6, 6.07) is 0. The third-order valence-corrected chi connectivity index (χ3v) is 1.34. The average molecular weight is 250 g/mol. The summed E-state index contributed by atoms with van der Waals surface area (Å²) < 4.78 is 4.39. The number of carboxylic acids is 1. The molecule has 17 heavy (non-hydrogen) atoms. The average Bonchev–Trinajstić information content (AvgIpc) is 2.17. The van der Waals surface area contributed by atoms with E-state index >= 15 is 0 Å². The SMILES string of the molecule is CC(C)C(=O)O.CC(C)C(=O)OCO[N+](=N)[O-]. The Morgan fingerprint density at radius 2 is 1.71 bits per heavy atom. The van der Waals surface area contributed by atoms with Crippen LogP contribution < -0.4 is 0 Å². The number of rotatable bonds is 5. The van der Waals surface area contributed by atoms with Crippen LogP contribution in [0.15, 0.2) is 0 Å². The number of hydrogen-bond acceptors (Lipinski definition) is 6. The van der Waals surface area contributed by atoms with Gasteiger partial charge in [-0.05, 0) is 0 Å². The largest absolute Gasteiger partial charge is 0.481 e. The van der Waals surface area contributed by atoms with E-state index in [1.165, 1.54) is 0 Å². The van der Waals surface area contributed by atoms with E-state index in [-0.39, 0.29) is 11.8 Å². The summed E-state index contributed by atoms with van der Waals surface area (Å²) >= 11 is 0. The zero-order valence-electron chi connectivity index (χ0n) is 10.3. The zero-order valence-corrected chi connectivity index (χ0v) is 10.3. The van der Waals surface area contributed by atoms with Crippen molar-refractivity contribution in [3.05, 3.63) is 5.21 Å². The molecule has 8 nitrogen and oxygen atoms in total. The normalized spacial score (nSPS) is 9.29. The molecule has 0 fully saturated rings. The van der Waals surface area contributed by atoms with Crippen molar-refractivity contribution in [3.8, 4) is 0 Å². The molecule has 0 amide bonds. The van der Waals surface area contributed by atoms with Gasteiger partial charge in [0.05, 0.1) is 11.8 Å². The van der Waals surface area contributed by atoms with Crippen LogP contribution in [-0.2, 0) is 19.2 Å². The van der Waals surface area contributed by atoms with Gasteiger partial charge in [0.25, 0.3) is 0 Å². The van der Waals surface area contributed by atoms with Crippen LogP contribution in [0, 0.1) is 22.6 Å². The summed E-state index contributed by atoms with van der Waals surface area (Å²) in [6.07, 6.45) is 0. The first kappa shape index (κ1) is 17.5. The van der Waals surface area contributed by atoms with Crippen LogP contribution in [0.4, 0.5) is 0 Å². The molecule has 0 aliphatic rings. The maximum absolute atomic E-state index is 10.6. The zero-order chi connectivity index (χ0) is 14.0. The molecule has 0 aliphatic heterocycles. The summed E-state index contributed by atoms with van der Waals surface area (Å²) in [6.45, 7) is 6.07. The van der Waals surface area contributed by atoms with Crippen LogP contribution >= 0.6 is 0 Å². The van der Waals surface area contributed by atoms with E-state index in [0.29, 0.717) is 0 Å². The smallest absolute Gasteiger partial charge is 0.309 e. The van der Waals surface area contributed by atoms with E-state index in [1.54, 1.807) is 27.7 Å².